The number of ether oxygens (including phenoxy) is 6. The van der Waals surface area contributed by atoms with Crippen LogP contribution in [0.1, 0.15) is 206 Å². The number of carbonyl (C=O) groups is 1. The summed E-state index contributed by atoms with van der Waals surface area (Å²) in [6.07, 6.45) is 19.9. The van der Waals surface area contributed by atoms with Gasteiger partial charge in [-0.25, -0.2) is 0 Å². The zero-order valence-corrected chi connectivity index (χ0v) is 48.1. The first kappa shape index (κ1) is 71.3. The fourth-order valence-electron chi connectivity index (χ4n) is 10.3. The Labute approximate surface area is 472 Å². The molecule has 3 aliphatic rings. The van der Waals surface area contributed by atoms with Gasteiger partial charge in [-0.2, -0.15) is 0 Å². The van der Waals surface area contributed by atoms with E-state index in [-0.39, 0.29) is 18.9 Å². The molecule has 0 aromatic carbocycles. The number of amides is 1. The van der Waals surface area contributed by atoms with Crippen LogP contribution in [0.5, 0.6) is 0 Å². The Morgan fingerprint density at radius 2 is 0.810 bits per heavy atom. The van der Waals surface area contributed by atoms with E-state index < -0.39 is 124 Å². The van der Waals surface area contributed by atoms with Gasteiger partial charge < -0.3 is 89.9 Å². The molecule has 0 aromatic rings. The number of aliphatic hydroxyl groups is 11. The van der Waals surface area contributed by atoms with Crippen LogP contribution in [-0.2, 0) is 33.2 Å². The second-order valence-electron chi connectivity index (χ2n) is 22.2. The molecule has 17 unspecified atom stereocenters. The molecule has 12 N–H and O–H groups in total. The van der Waals surface area contributed by atoms with E-state index in [0.29, 0.717) is 12.8 Å². The van der Waals surface area contributed by atoms with Crippen LogP contribution in [0.15, 0.2) is 36.5 Å². The molecule has 17 atom stereocenters. The van der Waals surface area contributed by atoms with Gasteiger partial charge in [-0.1, -0.05) is 192 Å². The molecule has 19 nitrogen and oxygen atoms in total. The van der Waals surface area contributed by atoms with Crippen LogP contribution in [0.2, 0.25) is 0 Å². The quantitative estimate of drug-likeness (QED) is 0.0257. The fourth-order valence-corrected chi connectivity index (χ4v) is 10.3. The molecule has 79 heavy (non-hydrogen) atoms. The van der Waals surface area contributed by atoms with E-state index in [1.54, 1.807) is 6.08 Å². The number of unbranched alkanes of at least 4 members (excludes halogenated alkanes) is 25. The molecule has 3 rings (SSSR count). The Hall–Kier alpha value is -1.99. The van der Waals surface area contributed by atoms with Gasteiger partial charge in [-0.3, -0.25) is 4.79 Å². The highest BCUT2D eigenvalue weighted by molar-refractivity contribution is 5.76. The standard InChI is InChI=1S/C60H109NO18/c1-3-5-7-9-11-13-15-17-18-19-20-21-22-23-24-26-27-29-31-33-35-37-44(65)43(61-48(66)38-36-34-32-30-28-25-16-14-12-10-8-6-4-2)42-74-58-54(72)51(69)56(46(40-63)76-58)79-60-55(73)52(70)57(47(41-64)77-60)78-59-53(71)50(68)49(67)45(39-62)75-59/h22-23,27,29,35,37,43-47,49-60,62-65,67-73H,3-21,24-26,28,30-34,36,38-42H2,1-2H3,(H,61,66)/b23-22+,29-27+,37-35+. The molecule has 0 aliphatic carbocycles. The average molecular weight is 1130 g/mol. The van der Waals surface area contributed by atoms with Crippen molar-refractivity contribution in [3.8, 4) is 0 Å². The van der Waals surface area contributed by atoms with Gasteiger partial charge in [-0.15, -0.1) is 0 Å². The molecule has 0 aromatic heterocycles. The molecule has 0 bridgehead atoms. The van der Waals surface area contributed by atoms with Crippen molar-refractivity contribution in [2.75, 3.05) is 26.4 Å². The maximum Gasteiger partial charge on any atom is 0.220 e. The van der Waals surface area contributed by atoms with Crippen LogP contribution in [0.3, 0.4) is 0 Å². The highest BCUT2D eigenvalue weighted by Gasteiger charge is 2.53. The summed E-state index contributed by atoms with van der Waals surface area (Å²) in [6.45, 7) is 1.69. The maximum atomic E-state index is 13.3. The molecule has 3 fully saturated rings. The van der Waals surface area contributed by atoms with E-state index >= 15 is 0 Å². The smallest absolute Gasteiger partial charge is 0.220 e. The Kier molecular flexibility index (Phi) is 39.4. The zero-order chi connectivity index (χ0) is 57.6. The Bertz CT molecular complexity index is 1590. The number of hydrogen-bond donors (Lipinski definition) is 12. The summed E-state index contributed by atoms with van der Waals surface area (Å²) < 4.78 is 34.2. The van der Waals surface area contributed by atoms with E-state index in [0.717, 1.165) is 44.9 Å². The van der Waals surface area contributed by atoms with Gasteiger partial charge in [0.1, 0.15) is 73.2 Å². The maximum absolute atomic E-state index is 13.3. The lowest BCUT2D eigenvalue weighted by Gasteiger charge is -2.48. The lowest BCUT2D eigenvalue weighted by molar-refractivity contribution is -0.379. The highest BCUT2D eigenvalue weighted by atomic mass is 16.8. The monoisotopic (exact) mass is 1130 g/mol. The average Bonchev–Trinajstić information content (AvgIpc) is 3.48. The third-order valence-corrected chi connectivity index (χ3v) is 15.4. The molecule has 0 spiro atoms. The van der Waals surface area contributed by atoms with E-state index in [4.69, 9.17) is 28.4 Å². The topological polar surface area (TPSA) is 307 Å². The van der Waals surface area contributed by atoms with Gasteiger partial charge in [0, 0.05) is 6.42 Å². The molecule has 0 radical (unpaired) electrons. The molecule has 3 heterocycles. The predicted molar refractivity (Wildman–Crippen MR) is 300 cm³/mol. The minimum Gasteiger partial charge on any atom is -0.394 e. The van der Waals surface area contributed by atoms with Gasteiger partial charge in [0.15, 0.2) is 18.9 Å². The lowest BCUT2D eigenvalue weighted by atomic mass is 9.96. The first-order valence-electron chi connectivity index (χ1n) is 30.7. The molecule has 462 valence electrons. The minimum absolute atomic E-state index is 0.235. The van der Waals surface area contributed by atoms with Crippen molar-refractivity contribution in [2.24, 2.45) is 0 Å². The SMILES string of the molecule is CCCCCCCCCCCCC/C=C/CC/C=C/CC/C=C/C(O)C(COC1OC(CO)C(OC2OC(CO)C(OC3OC(CO)C(O)C(O)C3O)C(O)C2O)C(O)C1O)NC(=O)CCCCCCCCCCCCCCC. The highest BCUT2D eigenvalue weighted by Crippen LogP contribution is 2.33. The molecule has 3 saturated heterocycles. The molecule has 1 amide bonds. The summed E-state index contributed by atoms with van der Waals surface area (Å²) in [5, 5.41) is 120. The fraction of sp³-hybridized carbons (Fsp3) is 0.883. The van der Waals surface area contributed by atoms with E-state index in [9.17, 15) is 61.0 Å². The summed E-state index contributed by atoms with van der Waals surface area (Å²) in [7, 11) is 0. The minimum atomic E-state index is -1.98. The molecule has 19 heteroatoms. The Balaban J connectivity index is 1.51. The normalized spacial score (nSPS) is 30.5. The molecular formula is C60H109NO18. The van der Waals surface area contributed by atoms with Crippen LogP contribution in [0.4, 0.5) is 0 Å². The number of aliphatic hydroxyl groups excluding tert-OH is 11. The summed E-state index contributed by atoms with van der Waals surface area (Å²) >= 11 is 0. The van der Waals surface area contributed by atoms with Crippen molar-refractivity contribution in [1.82, 2.24) is 5.32 Å². The van der Waals surface area contributed by atoms with Crippen molar-refractivity contribution in [3.63, 3.8) is 0 Å². The number of hydrogen-bond acceptors (Lipinski definition) is 18. The van der Waals surface area contributed by atoms with Gasteiger partial charge >= 0.3 is 0 Å². The van der Waals surface area contributed by atoms with Gasteiger partial charge in [0.05, 0.1) is 38.6 Å². The van der Waals surface area contributed by atoms with Crippen molar-refractivity contribution in [2.45, 2.75) is 311 Å². The lowest BCUT2D eigenvalue weighted by Crippen LogP contribution is -2.66. The largest absolute Gasteiger partial charge is 0.394 e. The number of carbonyl (C=O) groups excluding carboxylic acids is 1. The molecule has 3 aliphatic heterocycles. The van der Waals surface area contributed by atoms with Crippen LogP contribution in [-0.4, -0.2) is 193 Å². The summed E-state index contributed by atoms with van der Waals surface area (Å²) in [4.78, 5) is 13.3. The Morgan fingerprint density at radius 1 is 0.443 bits per heavy atom. The zero-order valence-electron chi connectivity index (χ0n) is 48.1. The second-order valence-corrected chi connectivity index (χ2v) is 22.2. The van der Waals surface area contributed by atoms with Gasteiger partial charge in [0.25, 0.3) is 0 Å². The van der Waals surface area contributed by atoms with E-state index in [1.807, 2.05) is 6.08 Å². The number of nitrogens with one attached hydrogen (secondary N) is 1. The van der Waals surface area contributed by atoms with Crippen LogP contribution < -0.4 is 5.32 Å². The first-order valence-corrected chi connectivity index (χ1v) is 30.7. The van der Waals surface area contributed by atoms with Gasteiger partial charge in [-0.05, 0) is 44.9 Å². The third-order valence-electron chi connectivity index (χ3n) is 15.4. The van der Waals surface area contributed by atoms with Crippen LogP contribution in [0, 0.1) is 0 Å². The Morgan fingerprint density at radius 3 is 1.27 bits per heavy atom. The van der Waals surface area contributed by atoms with Gasteiger partial charge in [0.2, 0.25) is 5.91 Å². The van der Waals surface area contributed by atoms with Crippen molar-refractivity contribution >= 4 is 5.91 Å². The van der Waals surface area contributed by atoms with Crippen LogP contribution >= 0.6 is 0 Å². The summed E-state index contributed by atoms with van der Waals surface area (Å²) in [5.41, 5.74) is 0. The molecule has 0 saturated carbocycles. The summed E-state index contributed by atoms with van der Waals surface area (Å²) in [6, 6.07) is -0.992. The summed E-state index contributed by atoms with van der Waals surface area (Å²) in [5.74, 6) is -0.290. The van der Waals surface area contributed by atoms with Crippen molar-refractivity contribution in [1.29, 1.82) is 0 Å². The predicted octanol–water partition coefficient (Wildman–Crippen LogP) is 5.71. The molecular weight excluding hydrogens is 1020 g/mol. The van der Waals surface area contributed by atoms with Crippen molar-refractivity contribution < 1.29 is 89.4 Å². The third kappa shape index (κ3) is 27.5. The number of allylic oxidation sites excluding steroid dienone is 5. The first-order chi connectivity index (χ1) is 38.3. The van der Waals surface area contributed by atoms with Crippen molar-refractivity contribution in [3.05, 3.63) is 36.5 Å². The van der Waals surface area contributed by atoms with E-state index in [2.05, 4.69) is 43.5 Å². The number of rotatable bonds is 45. The van der Waals surface area contributed by atoms with E-state index in [1.165, 1.54) is 128 Å². The second kappa shape index (κ2) is 43.6. The van der Waals surface area contributed by atoms with Crippen LogP contribution in [0.25, 0.3) is 0 Å².